The minimum absolute atomic E-state index is 0.0118. The second-order valence-electron chi connectivity index (χ2n) is 9.10. The van der Waals surface area contributed by atoms with E-state index in [-0.39, 0.29) is 28.9 Å². The van der Waals surface area contributed by atoms with Gasteiger partial charge in [0, 0.05) is 12.7 Å². The van der Waals surface area contributed by atoms with Crippen molar-refractivity contribution in [1.82, 2.24) is 34.3 Å². The first-order valence-corrected chi connectivity index (χ1v) is 12.8. The number of H-pyrrole nitrogens is 1. The molecule has 43 heavy (non-hydrogen) atoms. The molecule has 5 aromatic rings. The Morgan fingerprint density at radius 3 is 2.51 bits per heavy atom. The van der Waals surface area contributed by atoms with Crippen LogP contribution in [0, 0.1) is 5.82 Å². The van der Waals surface area contributed by atoms with Gasteiger partial charge < -0.3 is 10.5 Å². The standard InChI is InChI=1S/C21H20F3N5O2.C5H4F3N3O/c22-16-11-15-17(12-14(16)19-26-18-7-3-5-9-29(18)27-19)25-13-28(20(15)30)8-4-1-2-6-10-31-21(23)24;6-5(7,8)3-2(9)1-10-11-4(3)12/h3,5,7,9,11-13,21H,1-2,4,6,8,10H2;1H,(H3,9,11,12). The Morgan fingerprint density at radius 2 is 1.84 bits per heavy atom. The molecule has 4 aromatic heterocycles. The third-order valence-electron chi connectivity index (χ3n) is 6.10. The molecule has 1 aromatic carbocycles. The maximum Gasteiger partial charge on any atom is 0.423 e. The Kier molecular flexibility index (Phi) is 9.74. The van der Waals surface area contributed by atoms with Crippen LogP contribution in [0.3, 0.4) is 0 Å². The molecule has 0 bridgehead atoms. The molecular weight excluding hydrogens is 586 g/mol. The number of unbranched alkanes of at least 4 members (excludes halogenated alkanes) is 3. The lowest BCUT2D eigenvalue weighted by atomic mass is 10.1. The number of rotatable bonds is 9. The van der Waals surface area contributed by atoms with Gasteiger partial charge in [-0.1, -0.05) is 18.9 Å². The summed E-state index contributed by atoms with van der Waals surface area (Å²) in [6, 6.07) is 8.02. The number of aromatic nitrogens is 7. The molecule has 11 nitrogen and oxygen atoms in total. The number of benzene rings is 1. The van der Waals surface area contributed by atoms with Crippen molar-refractivity contribution in [3.8, 4) is 11.4 Å². The van der Waals surface area contributed by atoms with E-state index in [2.05, 4.69) is 24.9 Å². The van der Waals surface area contributed by atoms with Gasteiger partial charge in [0.25, 0.3) is 11.1 Å². The summed E-state index contributed by atoms with van der Waals surface area (Å²) >= 11 is 0. The Labute approximate surface area is 238 Å². The molecule has 0 aliphatic heterocycles. The van der Waals surface area contributed by atoms with Crippen LogP contribution in [-0.4, -0.2) is 47.6 Å². The lowest BCUT2D eigenvalue weighted by molar-refractivity contribution is -0.138. The van der Waals surface area contributed by atoms with Crippen molar-refractivity contribution in [3.63, 3.8) is 0 Å². The van der Waals surface area contributed by atoms with E-state index in [1.165, 1.54) is 23.0 Å². The second-order valence-corrected chi connectivity index (χ2v) is 9.10. The fourth-order valence-corrected chi connectivity index (χ4v) is 4.07. The van der Waals surface area contributed by atoms with Gasteiger partial charge in [0.1, 0.15) is 11.4 Å². The third-order valence-corrected chi connectivity index (χ3v) is 6.10. The minimum Gasteiger partial charge on any atom is -0.397 e. The summed E-state index contributed by atoms with van der Waals surface area (Å²) in [5.41, 5.74) is 2.28. The molecule has 5 rings (SSSR count). The zero-order chi connectivity index (χ0) is 31.1. The molecule has 0 aliphatic carbocycles. The van der Waals surface area contributed by atoms with E-state index in [1.807, 2.05) is 6.07 Å². The lowest BCUT2D eigenvalue weighted by Gasteiger charge is -2.08. The molecular formula is C26H24F6N8O3. The van der Waals surface area contributed by atoms with Gasteiger partial charge in [0.15, 0.2) is 11.5 Å². The molecule has 0 amide bonds. The molecule has 4 heterocycles. The molecule has 228 valence electrons. The highest BCUT2D eigenvalue weighted by atomic mass is 19.4. The van der Waals surface area contributed by atoms with Crippen LogP contribution in [0.4, 0.5) is 32.0 Å². The number of alkyl halides is 5. The molecule has 3 N–H and O–H groups in total. The fourth-order valence-electron chi connectivity index (χ4n) is 4.07. The van der Waals surface area contributed by atoms with Gasteiger partial charge in [-0.2, -0.15) is 27.1 Å². The van der Waals surface area contributed by atoms with Gasteiger partial charge in [-0.15, -0.1) is 5.10 Å². The number of anilines is 1. The van der Waals surface area contributed by atoms with Crippen LogP contribution in [0.2, 0.25) is 0 Å². The van der Waals surface area contributed by atoms with Crippen LogP contribution in [0.15, 0.2) is 58.6 Å². The molecule has 0 saturated heterocycles. The Morgan fingerprint density at radius 1 is 1.07 bits per heavy atom. The topological polar surface area (TPSA) is 146 Å². The first-order chi connectivity index (χ1) is 20.5. The smallest absolute Gasteiger partial charge is 0.397 e. The zero-order valence-corrected chi connectivity index (χ0v) is 22.2. The minimum atomic E-state index is -4.74. The van der Waals surface area contributed by atoms with Gasteiger partial charge in [0.05, 0.1) is 41.3 Å². The molecule has 0 atom stereocenters. The van der Waals surface area contributed by atoms with E-state index >= 15 is 0 Å². The van der Waals surface area contributed by atoms with Crippen LogP contribution in [0.1, 0.15) is 31.2 Å². The van der Waals surface area contributed by atoms with Gasteiger partial charge in [-0.05, 0) is 37.1 Å². The van der Waals surface area contributed by atoms with Crippen molar-refractivity contribution in [3.05, 3.63) is 81.1 Å². The summed E-state index contributed by atoms with van der Waals surface area (Å²) in [4.78, 5) is 31.9. The number of hydrogen-bond acceptors (Lipinski definition) is 8. The summed E-state index contributed by atoms with van der Waals surface area (Å²) in [5.74, 6) is -0.383. The highest BCUT2D eigenvalue weighted by Gasteiger charge is 2.36. The van der Waals surface area contributed by atoms with Crippen molar-refractivity contribution in [2.24, 2.45) is 0 Å². The molecule has 0 saturated carbocycles. The number of hydrogen-bond donors (Lipinski definition) is 2. The predicted molar refractivity (Wildman–Crippen MR) is 143 cm³/mol. The van der Waals surface area contributed by atoms with E-state index in [9.17, 15) is 35.9 Å². The summed E-state index contributed by atoms with van der Waals surface area (Å²) in [5, 5.41) is 9.19. The van der Waals surface area contributed by atoms with Crippen molar-refractivity contribution in [1.29, 1.82) is 0 Å². The van der Waals surface area contributed by atoms with E-state index in [4.69, 9.17) is 5.73 Å². The van der Waals surface area contributed by atoms with Crippen molar-refractivity contribution in [2.75, 3.05) is 12.3 Å². The molecule has 0 unspecified atom stereocenters. The van der Waals surface area contributed by atoms with Crippen molar-refractivity contribution in [2.45, 2.75) is 45.0 Å². The number of fused-ring (bicyclic) bond motifs is 2. The van der Waals surface area contributed by atoms with Crippen molar-refractivity contribution < 1.29 is 31.1 Å². The SMILES string of the molecule is Nc1cn[nH]c(=O)c1C(F)(F)F.O=c1c2cc(F)c(-c3nc4ccccn4n3)cc2ncn1CCCCCCOC(F)F. The van der Waals surface area contributed by atoms with E-state index in [1.54, 1.807) is 27.9 Å². The number of halogens is 6. The molecule has 0 radical (unpaired) electrons. The average molecular weight is 611 g/mol. The number of nitrogens with zero attached hydrogens (tertiary/aromatic N) is 6. The van der Waals surface area contributed by atoms with Gasteiger partial charge >= 0.3 is 12.8 Å². The van der Waals surface area contributed by atoms with Crippen LogP contribution in [0.25, 0.3) is 27.9 Å². The highest BCUT2D eigenvalue weighted by molar-refractivity contribution is 5.82. The first kappa shape index (κ1) is 31.1. The first-order valence-electron chi connectivity index (χ1n) is 12.8. The fraction of sp³-hybridized carbons (Fsp3) is 0.308. The largest absolute Gasteiger partial charge is 0.423 e. The van der Waals surface area contributed by atoms with E-state index in [0.29, 0.717) is 37.0 Å². The number of aryl methyl sites for hydroxylation is 1. The van der Waals surface area contributed by atoms with Gasteiger partial charge in [-0.25, -0.2) is 24.0 Å². The van der Waals surface area contributed by atoms with E-state index < -0.39 is 35.4 Å². The Balaban J connectivity index is 0.000000296. The summed E-state index contributed by atoms with van der Waals surface area (Å²) in [6.45, 7) is -2.32. The van der Waals surface area contributed by atoms with Crippen LogP contribution in [-0.2, 0) is 17.5 Å². The number of ether oxygens (including phenoxy) is 1. The number of nitrogens with two attached hydrogens (primary N) is 1. The summed E-state index contributed by atoms with van der Waals surface area (Å²) < 4.78 is 81.7. The molecule has 0 aliphatic rings. The lowest BCUT2D eigenvalue weighted by Crippen LogP contribution is -2.24. The van der Waals surface area contributed by atoms with Crippen LogP contribution >= 0.6 is 0 Å². The summed E-state index contributed by atoms with van der Waals surface area (Å²) in [6.07, 6.45) is 1.83. The maximum atomic E-state index is 14.8. The highest BCUT2D eigenvalue weighted by Crippen LogP contribution is 2.29. The van der Waals surface area contributed by atoms with E-state index in [0.717, 1.165) is 12.6 Å². The molecule has 17 heteroatoms. The number of nitrogens with one attached hydrogen (secondary N) is 1. The van der Waals surface area contributed by atoms with Gasteiger partial charge in [-0.3, -0.25) is 14.2 Å². The number of nitrogen functional groups attached to an aromatic ring is 1. The summed E-state index contributed by atoms with van der Waals surface area (Å²) in [7, 11) is 0. The number of pyridine rings is 1. The Bertz CT molecular complexity index is 1790. The van der Waals surface area contributed by atoms with Crippen molar-refractivity contribution >= 4 is 22.2 Å². The predicted octanol–water partition coefficient (Wildman–Crippen LogP) is 4.42. The number of aromatic amines is 1. The Hall–Kier alpha value is -4.80. The molecule has 0 spiro atoms. The zero-order valence-electron chi connectivity index (χ0n) is 22.2. The average Bonchev–Trinajstić information content (AvgIpc) is 3.37. The maximum absolute atomic E-state index is 14.8. The van der Waals surface area contributed by atoms with Crippen LogP contribution < -0.4 is 16.9 Å². The third kappa shape index (κ3) is 7.73. The second kappa shape index (κ2) is 13.5. The van der Waals surface area contributed by atoms with Crippen LogP contribution in [0.5, 0.6) is 0 Å². The quantitative estimate of drug-likeness (QED) is 0.184. The molecule has 0 fully saturated rings. The van der Waals surface area contributed by atoms with Gasteiger partial charge in [0.2, 0.25) is 0 Å². The normalized spacial score (nSPS) is 11.7. The monoisotopic (exact) mass is 610 g/mol.